The number of aliphatic hydroxyl groups is 1. The second-order valence-corrected chi connectivity index (χ2v) is 8.93. The molecule has 7 heteroatoms. The highest BCUT2D eigenvalue weighted by Crippen LogP contribution is 2.43. The second kappa shape index (κ2) is 8.90. The van der Waals surface area contributed by atoms with Crippen molar-refractivity contribution in [2.75, 3.05) is 32.1 Å². The number of nitrogens with zero attached hydrogens (tertiary/aromatic N) is 2. The topological polar surface area (TPSA) is 82.1 Å². The van der Waals surface area contributed by atoms with E-state index in [1.165, 1.54) is 17.6 Å². The summed E-state index contributed by atoms with van der Waals surface area (Å²) in [5.74, 6) is 0.517. The second-order valence-electron chi connectivity index (χ2n) is 8.93. The molecule has 3 amide bonds. The Morgan fingerprint density at radius 1 is 1.21 bits per heavy atom. The summed E-state index contributed by atoms with van der Waals surface area (Å²) in [4.78, 5) is 29.1. The van der Waals surface area contributed by atoms with Crippen LogP contribution in [0.2, 0.25) is 0 Å². The number of allylic oxidation sites excluding steroid dienone is 2. The third-order valence-corrected chi connectivity index (χ3v) is 7.07. The largest absolute Gasteiger partial charge is 0.497 e. The van der Waals surface area contributed by atoms with E-state index in [0.29, 0.717) is 18.0 Å². The number of carbonyl (C=O) groups excluding carboxylic acids is 2. The molecule has 33 heavy (non-hydrogen) atoms. The molecule has 0 unspecified atom stereocenters. The first-order valence-corrected chi connectivity index (χ1v) is 11.5. The van der Waals surface area contributed by atoms with Gasteiger partial charge >= 0.3 is 6.03 Å². The quantitative estimate of drug-likeness (QED) is 0.736. The minimum atomic E-state index is -0.314. The minimum absolute atomic E-state index is 0.00187. The smallest absolute Gasteiger partial charge is 0.322 e. The third kappa shape index (κ3) is 3.97. The molecule has 2 heterocycles. The Bertz CT molecular complexity index is 1080. The van der Waals surface area contributed by atoms with E-state index in [4.69, 9.17) is 4.74 Å². The summed E-state index contributed by atoms with van der Waals surface area (Å²) >= 11 is 0. The van der Waals surface area contributed by atoms with Crippen LogP contribution in [0.3, 0.4) is 0 Å². The molecule has 1 aliphatic carbocycles. The van der Waals surface area contributed by atoms with Crippen molar-refractivity contribution < 1.29 is 19.4 Å². The molecule has 0 bridgehead atoms. The Morgan fingerprint density at radius 2 is 2.03 bits per heavy atom. The van der Waals surface area contributed by atoms with Crippen LogP contribution < -0.4 is 10.1 Å². The maximum Gasteiger partial charge on any atom is 0.322 e. The predicted octanol–water partition coefficient (Wildman–Crippen LogP) is 3.47. The molecule has 0 aromatic heterocycles. The van der Waals surface area contributed by atoms with E-state index in [1.54, 1.807) is 41.2 Å². The number of amides is 3. The molecule has 5 rings (SSSR count). The van der Waals surface area contributed by atoms with Crippen molar-refractivity contribution in [2.24, 2.45) is 0 Å². The zero-order valence-electron chi connectivity index (χ0n) is 18.7. The highest BCUT2D eigenvalue weighted by molar-refractivity contribution is 5.94. The van der Waals surface area contributed by atoms with Crippen LogP contribution in [0.5, 0.6) is 5.75 Å². The average Bonchev–Trinajstić information content (AvgIpc) is 3.36. The van der Waals surface area contributed by atoms with Gasteiger partial charge < -0.3 is 25.0 Å². The number of carbonyl (C=O) groups is 2. The fourth-order valence-corrected chi connectivity index (χ4v) is 5.41. The van der Waals surface area contributed by atoms with Crippen molar-refractivity contribution in [3.05, 3.63) is 65.7 Å². The number of methoxy groups -OCH3 is 1. The summed E-state index contributed by atoms with van der Waals surface area (Å²) in [6, 6.07) is 14.9. The van der Waals surface area contributed by atoms with Crippen molar-refractivity contribution in [3.63, 3.8) is 0 Å². The Labute approximate surface area is 193 Å². The number of fused-ring (bicyclic) bond motifs is 1. The van der Waals surface area contributed by atoms with Gasteiger partial charge in [0.25, 0.3) is 0 Å². The molecule has 2 fully saturated rings. The van der Waals surface area contributed by atoms with Crippen molar-refractivity contribution in [2.45, 2.75) is 37.3 Å². The summed E-state index contributed by atoms with van der Waals surface area (Å²) < 4.78 is 5.21. The maximum absolute atomic E-state index is 12.9. The fraction of sp³-hybridized carbons (Fsp3) is 0.385. The van der Waals surface area contributed by atoms with E-state index in [2.05, 4.69) is 35.7 Å². The number of rotatable bonds is 5. The van der Waals surface area contributed by atoms with Gasteiger partial charge in [0, 0.05) is 24.2 Å². The molecule has 0 spiro atoms. The predicted molar refractivity (Wildman–Crippen MR) is 126 cm³/mol. The van der Waals surface area contributed by atoms with Crippen LogP contribution in [0.15, 0.2) is 54.6 Å². The van der Waals surface area contributed by atoms with Crippen molar-refractivity contribution in [3.8, 4) is 5.75 Å². The first-order valence-electron chi connectivity index (χ1n) is 11.5. The number of piperazine rings is 1. The average molecular weight is 448 g/mol. The Kier molecular flexibility index (Phi) is 5.81. The fourth-order valence-electron chi connectivity index (χ4n) is 5.41. The normalized spacial score (nSPS) is 24.1. The highest BCUT2D eigenvalue weighted by Gasteiger charge is 2.54. The number of urea groups is 1. The summed E-state index contributed by atoms with van der Waals surface area (Å²) in [6.07, 6.45) is 5.76. The van der Waals surface area contributed by atoms with Gasteiger partial charge in [-0.25, -0.2) is 4.79 Å². The highest BCUT2D eigenvalue weighted by atomic mass is 16.5. The molecule has 2 aromatic carbocycles. The van der Waals surface area contributed by atoms with Crippen molar-refractivity contribution >= 4 is 23.2 Å². The molecular formula is C26H29N3O4. The monoisotopic (exact) mass is 447 g/mol. The Balaban J connectivity index is 1.32. The summed E-state index contributed by atoms with van der Waals surface area (Å²) in [6.45, 7) is 0.341. The van der Waals surface area contributed by atoms with Gasteiger partial charge in [0.1, 0.15) is 12.3 Å². The molecule has 3 aliphatic rings. The van der Waals surface area contributed by atoms with E-state index in [1.807, 2.05) is 0 Å². The van der Waals surface area contributed by atoms with Gasteiger partial charge in [0.05, 0.1) is 25.8 Å². The lowest BCUT2D eigenvalue weighted by Gasteiger charge is -2.58. The van der Waals surface area contributed by atoms with E-state index < -0.39 is 0 Å². The van der Waals surface area contributed by atoms with Gasteiger partial charge in [-0.2, -0.15) is 0 Å². The molecule has 2 saturated heterocycles. The summed E-state index contributed by atoms with van der Waals surface area (Å²) in [7, 11) is 1.57. The van der Waals surface area contributed by atoms with Crippen LogP contribution in [-0.4, -0.2) is 65.7 Å². The lowest BCUT2D eigenvalue weighted by Crippen LogP contribution is -2.73. The molecule has 7 nitrogen and oxygen atoms in total. The number of benzene rings is 2. The summed E-state index contributed by atoms with van der Waals surface area (Å²) in [5, 5.41) is 12.9. The maximum atomic E-state index is 12.9. The van der Waals surface area contributed by atoms with Crippen LogP contribution in [0.25, 0.3) is 5.57 Å². The zero-order valence-corrected chi connectivity index (χ0v) is 18.7. The lowest BCUT2D eigenvalue weighted by molar-refractivity contribution is -0.159. The standard InChI is InChI=1S/C26H29N3O4/c1-33-21-8-4-7-20(13-21)27-26(32)28-14-22-25(23(16-30)29(22)24(31)15-28)19-11-9-18(10-12-19)17-5-2-3-6-17/h4-5,7-13,22-23,25,30H,2-3,6,14-16H2,1H3,(H,27,32)/t22-,23+,25+/m1/s1. The molecule has 2 aromatic rings. The van der Waals surface area contributed by atoms with Crippen LogP contribution in [0.1, 0.15) is 36.3 Å². The van der Waals surface area contributed by atoms with Gasteiger partial charge in [0.15, 0.2) is 0 Å². The van der Waals surface area contributed by atoms with Crippen LogP contribution in [-0.2, 0) is 4.79 Å². The van der Waals surface area contributed by atoms with Gasteiger partial charge in [-0.3, -0.25) is 4.79 Å². The van der Waals surface area contributed by atoms with Gasteiger partial charge in [0.2, 0.25) is 5.91 Å². The molecule has 2 aliphatic heterocycles. The van der Waals surface area contributed by atoms with Crippen LogP contribution in [0, 0.1) is 0 Å². The van der Waals surface area contributed by atoms with Crippen LogP contribution >= 0.6 is 0 Å². The van der Waals surface area contributed by atoms with Crippen molar-refractivity contribution in [1.82, 2.24) is 9.80 Å². The van der Waals surface area contributed by atoms with Gasteiger partial charge in [-0.1, -0.05) is 36.4 Å². The molecular weight excluding hydrogens is 418 g/mol. The molecule has 172 valence electrons. The lowest BCUT2D eigenvalue weighted by atomic mass is 9.73. The molecule has 3 atom stereocenters. The SMILES string of the molecule is COc1cccc(NC(=O)N2CC(=O)N3[C@H](C2)[C@H](c2ccc(C4=CCCC4)cc2)[C@@H]3CO)c1. The number of hydrogen-bond donors (Lipinski definition) is 2. The molecule has 2 N–H and O–H groups in total. The van der Waals surface area contributed by atoms with Crippen LogP contribution in [0.4, 0.5) is 10.5 Å². The summed E-state index contributed by atoms with van der Waals surface area (Å²) in [5.41, 5.74) is 4.35. The third-order valence-electron chi connectivity index (χ3n) is 7.07. The van der Waals surface area contributed by atoms with Crippen molar-refractivity contribution in [1.29, 1.82) is 0 Å². The first-order chi connectivity index (χ1) is 16.1. The van der Waals surface area contributed by atoms with Gasteiger partial charge in [-0.05, 0) is 48.1 Å². The number of nitrogens with one attached hydrogen (secondary N) is 1. The number of ether oxygens (including phenoxy) is 1. The van der Waals surface area contributed by atoms with E-state index in [-0.39, 0.29) is 43.1 Å². The molecule has 0 saturated carbocycles. The Hall–Kier alpha value is -3.32. The minimum Gasteiger partial charge on any atom is -0.497 e. The zero-order chi connectivity index (χ0) is 22.9. The van der Waals surface area contributed by atoms with Gasteiger partial charge in [-0.15, -0.1) is 0 Å². The molecule has 0 radical (unpaired) electrons. The Morgan fingerprint density at radius 3 is 2.73 bits per heavy atom. The number of anilines is 1. The van der Waals surface area contributed by atoms with E-state index in [9.17, 15) is 14.7 Å². The van der Waals surface area contributed by atoms with E-state index >= 15 is 0 Å². The number of aliphatic hydroxyl groups excluding tert-OH is 1. The van der Waals surface area contributed by atoms with E-state index in [0.717, 1.165) is 18.4 Å². The first kappa shape index (κ1) is 21.5. The number of hydrogen-bond acceptors (Lipinski definition) is 4.